The second-order valence-electron chi connectivity index (χ2n) is 14.9. The Bertz CT molecular complexity index is 1720. The van der Waals surface area contributed by atoms with Crippen LogP contribution in [0.2, 0.25) is 0 Å². The molecule has 5 rings (SSSR count). The third-order valence-corrected chi connectivity index (χ3v) is 9.25. The molecule has 0 radical (unpaired) electrons. The number of carbonyl (C=O) groups is 4. The lowest BCUT2D eigenvalue weighted by Crippen LogP contribution is -2.54. The molecule has 1 fully saturated rings. The number of likely N-dealkylation sites (tertiary alicyclic amines) is 1. The van der Waals surface area contributed by atoms with E-state index in [1.54, 1.807) is 33.8 Å². The van der Waals surface area contributed by atoms with E-state index in [1.807, 2.05) is 107 Å². The largest absolute Gasteiger partial charge is 0.479 e. The summed E-state index contributed by atoms with van der Waals surface area (Å²) in [6.45, 7) is 14.7. The second kappa shape index (κ2) is 16.5. The number of benzene rings is 3. The van der Waals surface area contributed by atoms with Gasteiger partial charge in [-0.15, -0.1) is 0 Å². The van der Waals surface area contributed by atoms with Crippen LogP contribution < -0.4 is 9.64 Å². The highest BCUT2D eigenvalue weighted by Gasteiger charge is 2.37. The fraction of sp³-hybridized carbons (Fsp3) is 0.463. The SMILES string of the molecule is Cc1cc2c(cc1C(=O)N(C(C)C)[C@@H]1CCCN(C(=O)OC(C)(C)C)C1)N(CCN(Cc1ccccc1)C(=O)OCc1ccccc1)C(=O)C(C)O2. The third kappa shape index (κ3) is 9.43. The van der Waals surface area contributed by atoms with Crippen LogP contribution in [-0.2, 0) is 27.4 Å². The van der Waals surface area contributed by atoms with Gasteiger partial charge in [-0.2, -0.15) is 0 Å². The molecule has 4 amide bonds. The molecule has 11 nitrogen and oxygen atoms in total. The number of anilines is 1. The number of amides is 4. The maximum Gasteiger partial charge on any atom is 0.410 e. The summed E-state index contributed by atoms with van der Waals surface area (Å²) in [5.74, 6) is 0.0351. The Hall–Kier alpha value is -5.06. The minimum Gasteiger partial charge on any atom is -0.479 e. The van der Waals surface area contributed by atoms with Gasteiger partial charge in [0.05, 0.1) is 11.7 Å². The zero-order chi connectivity index (χ0) is 37.6. The van der Waals surface area contributed by atoms with Gasteiger partial charge in [-0.05, 0) is 90.1 Å². The summed E-state index contributed by atoms with van der Waals surface area (Å²) in [4.78, 5) is 61.4. The van der Waals surface area contributed by atoms with E-state index < -0.39 is 17.8 Å². The molecule has 11 heteroatoms. The lowest BCUT2D eigenvalue weighted by Gasteiger charge is -2.42. The molecule has 0 saturated carbocycles. The molecule has 0 aliphatic carbocycles. The number of hydrogen-bond acceptors (Lipinski definition) is 7. The van der Waals surface area contributed by atoms with Gasteiger partial charge in [0, 0.05) is 44.3 Å². The number of ether oxygens (including phenoxy) is 3. The predicted molar refractivity (Wildman–Crippen MR) is 199 cm³/mol. The molecule has 52 heavy (non-hydrogen) atoms. The van der Waals surface area contributed by atoms with Crippen LogP contribution >= 0.6 is 0 Å². The molecule has 1 saturated heterocycles. The highest BCUT2D eigenvalue weighted by molar-refractivity contribution is 6.03. The van der Waals surface area contributed by atoms with Crippen LogP contribution in [0.1, 0.15) is 81.4 Å². The van der Waals surface area contributed by atoms with Crippen LogP contribution in [0.5, 0.6) is 5.75 Å². The molecular formula is C41H52N4O7. The number of nitrogens with zero attached hydrogens (tertiary/aromatic N) is 4. The summed E-state index contributed by atoms with van der Waals surface area (Å²) in [5, 5.41) is 0. The summed E-state index contributed by atoms with van der Waals surface area (Å²) in [6.07, 6.45) is -0.152. The van der Waals surface area contributed by atoms with Crippen LogP contribution in [0.25, 0.3) is 0 Å². The minimum absolute atomic E-state index is 0.120. The van der Waals surface area contributed by atoms with Crippen molar-refractivity contribution in [1.82, 2.24) is 14.7 Å². The molecule has 278 valence electrons. The van der Waals surface area contributed by atoms with Crippen LogP contribution in [0, 0.1) is 6.92 Å². The van der Waals surface area contributed by atoms with Gasteiger partial charge in [0.25, 0.3) is 11.8 Å². The summed E-state index contributed by atoms with van der Waals surface area (Å²) in [6, 6.07) is 22.3. The first kappa shape index (κ1) is 38.2. The lowest BCUT2D eigenvalue weighted by molar-refractivity contribution is -0.125. The number of carbonyl (C=O) groups excluding carboxylic acids is 4. The first-order chi connectivity index (χ1) is 24.7. The zero-order valence-electron chi connectivity index (χ0n) is 31.5. The highest BCUT2D eigenvalue weighted by Crippen LogP contribution is 2.37. The normalized spacial score (nSPS) is 17.3. The van der Waals surface area contributed by atoms with Gasteiger partial charge in [0.2, 0.25) is 0 Å². The van der Waals surface area contributed by atoms with Crippen molar-refractivity contribution >= 4 is 29.7 Å². The number of aryl methyl sites for hydroxylation is 1. The van der Waals surface area contributed by atoms with E-state index >= 15 is 0 Å². The van der Waals surface area contributed by atoms with Crippen molar-refractivity contribution in [3.8, 4) is 5.75 Å². The highest BCUT2D eigenvalue weighted by atomic mass is 16.6. The van der Waals surface area contributed by atoms with E-state index in [2.05, 4.69) is 0 Å². The topological polar surface area (TPSA) is 109 Å². The molecule has 3 aromatic carbocycles. The molecule has 2 heterocycles. The summed E-state index contributed by atoms with van der Waals surface area (Å²) >= 11 is 0. The Morgan fingerprint density at radius 3 is 2.27 bits per heavy atom. The van der Waals surface area contributed by atoms with E-state index in [4.69, 9.17) is 14.2 Å². The first-order valence-corrected chi connectivity index (χ1v) is 18.1. The monoisotopic (exact) mass is 712 g/mol. The quantitative estimate of drug-likeness (QED) is 0.219. The second-order valence-corrected chi connectivity index (χ2v) is 14.9. The van der Waals surface area contributed by atoms with Gasteiger partial charge < -0.3 is 33.8 Å². The Balaban J connectivity index is 1.39. The number of fused-ring (bicyclic) bond motifs is 1. The van der Waals surface area contributed by atoms with Crippen molar-refractivity contribution < 1.29 is 33.4 Å². The molecule has 0 N–H and O–H groups in total. The van der Waals surface area contributed by atoms with E-state index in [9.17, 15) is 19.2 Å². The fourth-order valence-electron chi connectivity index (χ4n) is 6.72. The average Bonchev–Trinajstić information content (AvgIpc) is 3.10. The van der Waals surface area contributed by atoms with Gasteiger partial charge in [0.1, 0.15) is 18.0 Å². The molecular weight excluding hydrogens is 660 g/mol. The molecule has 2 atom stereocenters. The van der Waals surface area contributed by atoms with Crippen LogP contribution in [-0.4, -0.2) is 88.7 Å². The summed E-state index contributed by atoms with van der Waals surface area (Å²) in [7, 11) is 0. The van der Waals surface area contributed by atoms with Gasteiger partial charge >= 0.3 is 12.2 Å². The first-order valence-electron chi connectivity index (χ1n) is 18.1. The van der Waals surface area contributed by atoms with Crippen LogP contribution in [0.4, 0.5) is 15.3 Å². The van der Waals surface area contributed by atoms with Gasteiger partial charge in [-0.3, -0.25) is 9.59 Å². The standard InChI is InChI=1S/C41H52N4O7/c1-28(2)45(33-19-14-20-42(26-33)40(49)52-41(5,6)7)38(47)34-24-35-36(23-29(34)3)51-30(4)37(46)44(35)22-21-43(25-31-15-10-8-11-16-31)39(48)50-27-32-17-12-9-13-18-32/h8-13,15-18,23-24,28,30,33H,14,19-22,25-27H2,1-7H3/t30?,33-/m1/s1. The Labute approximate surface area is 307 Å². The molecule has 2 aliphatic rings. The van der Waals surface area contributed by atoms with Gasteiger partial charge in [-0.25, -0.2) is 9.59 Å². The Morgan fingerprint density at radius 2 is 1.63 bits per heavy atom. The minimum atomic E-state index is -0.755. The number of hydrogen-bond donors (Lipinski definition) is 0. The Morgan fingerprint density at radius 1 is 0.981 bits per heavy atom. The Kier molecular flexibility index (Phi) is 12.1. The third-order valence-electron chi connectivity index (χ3n) is 9.25. The molecule has 1 unspecified atom stereocenters. The smallest absolute Gasteiger partial charge is 0.410 e. The van der Waals surface area contributed by atoms with Crippen molar-refractivity contribution in [2.75, 3.05) is 31.1 Å². The summed E-state index contributed by atoms with van der Waals surface area (Å²) < 4.78 is 17.4. The molecule has 0 aromatic heterocycles. The maximum atomic E-state index is 14.5. The molecule has 0 bridgehead atoms. The average molecular weight is 713 g/mol. The predicted octanol–water partition coefficient (Wildman–Crippen LogP) is 7.20. The van der Waals surface area contributed by atoms with Crippen molar-refractivity contribution in [1.29, 1.82) is 0 Å². The van der Waals surface area contributed by atoms with Crippen molar-refractivity contribution in [3.05, 3.63) is 95.1 Å². The number of piperidine rings is 1. The molecule has 2 aliphatic heterocycles. The van der Waals surface area contributed by atoms with E-state index in [0.29, 0.717) is 35.7 Å². The number of rotatable bonds is 10. The van der Waals surface area contributed by atoms with E-state index in [-0.39, 0.29) is 56.2 Å². The van der Waals surface area contributed by atoms with Crippen molar-refractivity contribution in [2.24, 2.45) is 0 Å². The van der Waals surface area contributed by atoms with E-state index in [1.165, 1.54) is 0 Å². The maximum absolute atomic E-state index is 14.5. The van der Waals surface area contributed by atoms with Crippen LogP contribution in [0.3, 0.4) is 0 Å². The molecule has 3 aromatic rings. The van der Waals surface area contributed by atoms with Gasteiger partial charge in [-0.1, -0.05) is 60.7 Å². The fourth-order valence-corrected chi connectivity index (χ4v) is 6.72. The molecule has 0 spiro atoms. The summed E-state index contributed by atoms with van der Waals surface area (Å²) in [5.41, 5.74) is 2.80. The van der Waals surface area contributed by atoms with Gasteiger partial charge in [0.15, 0.2) is 6.10 Å². The van der Waals surface area contributed by atoms with Crippen LogP contribution in [0.15, 0.2) is 72.8 Å². The van der Waals surface area contributed by atoms with Crippen molar-refractivity contribution in [2.45, 2.75) is 98.2 Å². The van der Waals surface area contributed by atoms with E-state index in [0.717, 1.165) is 24.0 Å². The zero-order valence-corrected chi connectivity index (χ0v) is 31.5. The van der Waals surface area contributed by atoms with Crippen molar-refractivity contribution in [3.63, 3.8) is 0 Å². The lowest BCUT2D eigenvalue weighted by atomic mass is 9.98.